The van der Waals surface area contributed by atoms with Gasteiger partial charge in [0, 0.05) is 22.4 Å². The summed E-state index contributed by atoms with van der Waals surface area (Å²) in [5.41, 5.74) is -12.7. The molecule has 0 fully saturated rings. The number of ether oxygens (including phenoxy) is 1. The maximum Gasteiger partial charge on any atom is 0.409 e. The molecule has 420 valence electrons. The Morgan fingerprint density at radius 3 is 1.07 bits per heavy atom. The number of hydrogen-bond donors (Lipinski definition) is 0. The number of benzene rings is 10. The predicted octanol–water partition coefficient (Wildman–Crippen LogP) is 13.7. The Kier molecular flexibility index (Phi) is 14.7. The molecule has 11 rings (SSSR count). The molecule has 0 aliphatic heterocycles. The number of aromatic nitrogens is 1. The Morgan fingerprint density at radius 1 is 0.325 bits per heavy atom. The molecule has 0 aliphatic carbocycles. The number of fused-ring (bicyclic) bond motifs is 4. The van der Waals surface area contributed by atoms with Crippen LogP contribution in [0, 0.1) is 116 Å². The monoisotopic (exact) mass is 1170 g/mol. The predicted molar refractivity (Wildman–Crippen MR) is 263 cm³/mol. The molecule has 3 nitrogen and oxygen atoms in total. The van der Waals surface area contributed by atoms with Crippen LogP contribution in [0.15, 0.2) is 134 Å². The van der Waals surface area contributed by atoms with E-state index >= 15 is 35.1 Å². The van der Waals surface area contributed by atoms with E-state index in [2.05, 4.69) is 54.6 Å². The van der Waals surface area contributed by atoms with Crippen molar-refractivity contribution in [2.45, 2.75) is 6.54 Å². The fourth-order valence-corrected chi connectivity index (χ4v) is 10.2. The maximum atomic E-state index is 15.4. The van der Waals surface area contributed by atoms with Gasteiger partial charge >= 0.3 is 5.97 Å². The average molecular weight is 1170 g/mol. The van der Waals surface area contributed by atoms with Crippen molar-refractivity contribution < 1.29 is 102 Å². The second kappa shape index (κ2) is 21.4. The molecule has 0 saturated carbocycles. The van der Waals surface area contributed by atoms with Crippen LogP contribution >= 0.6 is 0 Å². The summed E-state index contributed by atoms with van der Waals surface area (Å²) in [6, 6.07) is 43.0. The van der Waals surface area contributed by atoms with Gasteiger partial charge in [-0.3, -0.25) is 0 Å². The molecular formula is C59H24BF20NO2. The highest BCUT2D eigenvalue weighted by molar-refractivity contribution is 7.20. The number of hydrogen-bond acceptors (Lipinski definition) is 2. The number of carbonyl (C=O) groups excluding carboxylic acids is 1. The van der Waals surface area contributed by atoms with Crippen molar-refractivity contribution in [3.05, 3.63) is 261 Å². The molecular weight excluding hydrogens is 1150 g/mol. The molecule has 0 saturated heterocycles. The van der Waals surface area contributed by atoms with E-state index in [1.165, 1.54) is 0 Å². The number of halogens is 20. The van der Waals surface area contributed by atoms with Gasteiger partial charge < -0.3 is 4.74 Å². The molecule has 1 heterocycles. The van der Waals surface area contributed by atoms with Crippen LogP contribution < -0.4 is 31.2 Å². The first kappa shape index (κ1) is 56.8. The molecule has 0 N–H and O–H groups in total. The first-order chi connectivity index (χ1) is 39.4. The van der Waals surface area contributed by atoms with Gasteiger partial charge in [0.15, 0.2) is 82.5 Å². The fourth-order valence-electron chi connectivity index (χ4n) is 10.2. The van der Waals surface area contributed by atoms with Crippen LogP contribution in [-0.2, 0) is 6.54 Å². The summed E-state index contributed by atoms with van der Waals surface area (Å²) in [5.74, 6) is -71.2. The van der Waals surface area contributed by atoms with Gasteiger partial charge in [-0.1, -0.05) is 97.1 Å². The van der Waals surface area contributed by atoms with Crippen molar-refractivity contribution in [2.24, 2.45) is 0 Å². The molecule has 0 amide bonds. The standard InChI is InChI=1S/C35H24NO2.C24BF20/c37-35(33-30-16-8-6-12-25(30)18-19-36(33)23-24-10-2-1-3-11-24)38-34-31-17-9-7-15-28(31)21-29-20-26-13-4-5-14-27(26)22-32(29)34;26-5-1(6(27)14(35)21(42)13(5)34)25(2-7(28)15(36)22(43)16(37)8(2)29,3-9(30)17(38)23(44)18(39)10(3)31)4-11(32)19(40)24(45)20(41)12(4)33/h1-22H,23H2;/q+1;-1. The molecule has 0 bridgehead atoms. The fraction of sp³-hybridized carbons (Fsp3) is 0.0169. The molecule has 0 spiro atoms. The van der Waals surface area contributed by atoms with Gasteiger partial charge in [0.05, 0.1) is 5.39 Å². The smallest absolute Gasteiger partial charge is 0.409 e. The third kappa shape index (κ3) is 8.97. The zero-order chi connectivity index (χ0) is 59.8. The lowest BCUT2D eigenvalue weighted by atomic mass is 9.12. The normalized spacial score (nSPS) is 11.7. The van der Waals surface area contributed by atoms with E-state index in [9.17, 15) is 57.5 Å². The molecule has 24 heteroatoms. The second-order valence-corrected chi connectivity index (χ2v) is 18.4. The molecule has 0 atom stereocenters. The number of nitrogens with zero attached hydrogens (tertiary/aromatic N) is 1. The number of esters is 1. The Balaban J connectivity index is 0.000000187. The molecule has 0 aliphatic rings. The summed E-state index contributed by atoms with van der Waals surface area (Å²) < 4.78 is 302. The number of carbonyl (C=O) groups is 1. The Bertz CT molecular complexity index is 4160. The first-order valence-corrected chi connectivity index (χ1v) is 23.7. The van der Waals surface area contributed by atoms with Crippen molar-refractivity contribution in [3.63, 3.8) is 0 Å². The first-order valence-electron chi connectivity index (χ1n) is 23.7. The van der Waals surface area contributed by atoms with E-state index in [1.54, 1.807) is 0 Å². The van der Waals surface area contributed by atoms with Crippen molar-refractivity contribution in [1.82, 2.24) is 0 Å². The highest BCUT2D eigenvalue weighted by Gasteiger charge is 2.52. The van der Waals surface area contributed by atoms with Crippen LogP contribution in [0.5, 0.6) is 5.75 Å². The van der Waals surface area contributed by atoms with Gasteiger partial charge in [-0.2, -0.15) is 4.57 Å². The highest BCUT2D eigenvalue weighted by atomic mass is 19.2. The number of pyridine rings is 1. The second-order valence-electron chi connectivity index (χ2n) is 18.4. The van der Waals surface area contributed by atoms with Gasteiger partial charge in [0.25, 0.3) is 5.69 Å². The molecule has 11 aromatic rings. The topological polar surface area (TPSA) is 30.2 Å². The number of rotatable bonds is 8. The van der Waals surface area contributed by atoms with E-state index in [1.807, 2.05) is 83.6 Å². The van der Waals surface area contributed by atoms with E-state index < -0.39 is 144 Å². The lowest BCUT2D eigenvalue weighted by Gasteiger charge is -2.44. The van der Waals surface area contributed by atoms with Crippen LogP contribution in [0.2, 0.25) is 0 Å². The summed E-state index contributed by atoms with van der Waals surface area (Å²) in [6.45, 7) is 0.566. The van der Waals surface area contributed by atoms with Gasteiger partial charge in [0.2, 0.25) is 0 Å². The Hall–Kier alpha value is -9.48. The summed E-state index contributed by atoms with van der Waals surface area (Å²) in [5, 5.41) is 8.04. The third-order valence-corrected chi connectivity index (χ3v) is 13.9. The Morgan fingerprint density at radius 2 is 0.651 bits per heavy atom. The van der Waals surface area contributed by atoms with Gasteiger partial charge in [-0.25, -0.2) is 92.6 Å². The molecule has 83 heavy (non-hydrogen) atoms. The Labute approximate surface area is 451 Å². The van der Waals surface area contributed by atoms with Crippen LogP contribution in [-0.4, -0.2) is 12.1 Å². The van der Waals surface area contributed by atoms with Crippen molar-refractivity contribution >= 4 is 77.1 Å². The zero-order valence-electron chi connectivity index (χ0n) is 40.8. The lowest BCUT2D eigenvalue weighted by Crippen LogP contribution is -2.81. The molecule has 10 aromatic carbocycles. The van der Waals surface area contributed by atoms with Crippen molar-refractivity contribution in [2.75, 3.05) is 0 Å². The quantitative estimate of drug-likeness (QED) is 0.0222. The summed E-state index contributed by atoms with van der Waals surface area (Å²) in [7, 11) is 0. The summed E-state index contributed by atoms with van der Waals surface area (Å²) in [6.07, 6.45) is -5.24. The van der Waals surface area contributed by atoms with E-state index in [4.69, 9.17) is 4.74 Å². The molecule has 0 radical (unpaired) electrons. The summed E-state index contributed by atoms with van der Waals surface area (Å²) >= 11 is 0. The van der Waals surface area contributed by atoms with Crippen molar-refractivity contribution in [1.29, 1.82) is 0 Å². The van der Waals surface area contributed by atoms with Gasteiger partial charge in [-0.15, -0.1) is 21.9 Å². The zero-order valence-corrected chi connectivity index (χ0v) is 40.8. The van der Waals surface area contributed by atoms with Gasteiger partial charge in [-0.05, 0) is 51.2 Å². The minimum Gasteiger partial charge on any atom is -0.417 e. The maximum absolute atomic E-state index is 15.4. The molecule has 1 aromatic heterocycles. The largest absolute Gasteiger partial charge is 0.417 e. The van der Waals surface area contributed by atoms with E-state index in [0.717, 1.165) is 48.7 Å². The van der Waals surface area contributed by atoms with Crippen LogP contribution in [0.25, 0.3) is 43.1 Å². The van der Waals surface area contributed by atoms with E-state index in [-0.39, 0.29) is 5.97 Å². The third-order valence-electron chi connectivity index (χ3n) is 13.9. The van der Waals surface area contributed by atoms with Gasteiger partial charge in [0.1, 0.15) is 58.4 Å². The van der Waals surface area contributed by atoms with E-state index in [0.29, 0.717) is 18.0 Å². The molecule has 0 unspecified atom stereocenters. The SMILES string of the molecule is Fc1c(F)c(F)c([B-](c2c(F)c(F)c(F)c(F)c2F)(c2c(F)c(F)c(F)c(F)c2F)c2c(F)c(F)c(F)c(F)c2F)c(F)c1F.O=C(Oc1c2ccccc2cc2cc3ccccc3cc12)c1c2ccccc2cc[n+]1Cc1ccccc1. The lowest BCUT2D eigenvalue weighted by molar-refractivity contribution is -0.689. The van der Waals surface area contributed by atoms with Crippen LogP contribution in [0.4, 0.5) is 87.8 Å². The highest BCUT2D eigenvalue weighted by Crippen LogP contribution is 2.38. The van der Waals surface area contributed by atoms with Crippen LogP contribution in [0.3, 0.4) is 0 Å². The minimum atomic E-state index is -7.22. The minimum absolute atomic E-state index is 0.372. The average Bonchev–Trinajstić information content (AvgIpc) is 1.12. The van der Waals surface area contributed by atoms with Crippen LogP contribution in [0.1, 0.15) is 16.1 Å². The van der Waals surface area contributed by atoms with Crippen molar-refractivity contribution in [3.8, 4) is 5.75 Å². The summed E-state index contributed by atoms with van der Waals surface area (Å²) in [4.78, 5) is 14.1.